The summed E-state index contributed by atoms with van der Waals surface area (Å²) in [6.45, 7) is 1.95. The number of nitrogens with one attached hydrogen (secondary N) is 1. The second-order valence-corrected chi connectivity index (χ2v) is 11.8. The smallest absolute Gasteiger partial charge is 0.223 e. The average Bonchev–Trinajstić information content (AvgIpc) is 3.42. The van der Waals surface area contributed by atoms with Crippen LogP contribution < -0.4 is 11.1 Å². The number of hydrogen-bond acceptors (Lipinski definition) is 8. The Bertz CT molecular complexity index is 1440. The fraction of sp³-hybridized carbons (Fsp3) is 0.296. The molecule has 3 N–H and O–H groups in total. The van der Waals surface area contributed by atoms with E-state index in [2.05, 4.69) is 55.6 Å². The molecule has 2 atom stereocenters. The first-order valence-electron chi connectivity index (χ1n) is 12.5. The Labute approximate surface area is 229 Å². The van der Waals surface area contributed by atoms with Crippen LogP contribution in [0.3, 0.4) is 0 Å². The first-order valence-corrected chi connectivity index (χ1v) is 14.5. The summed E-state index contributed by atoms with van der Waals surface area (Å²) in [5.41, 5.74) is 10.1. The monoisotopic (exact) mass is 549 g/mol. The molecule has 0 bridgehead atoms. The number of nitrogens with zero attached hydrogens (tertiary/aromatic N) is 5. The normalized spacial score (nSPS) is 20.6. The van der Waals surface area contributed by atoms with Gasteiger partial charge in [-0.3, -0.25) is 4.40 Å². The number of rotatable bonds is 6. The molecule has 2 aliphatic rings. The Morgan fingerprint density at radius 2 is 2.03 bits per heavy atom. The summed E-state index contributed by atoms with van der Waals surface area (Å²) >= 11 is 9.43. The number of aromatic nitrogens is 4. The van der Waals surface area contributed by atoms with E-state index in [0.29, 0.717) is 5.95 Å². The maximum absolute atomic E-state index is 6.32. The molecule has 1 aliphatic carbocycles. The zero-order valence-electron chi connectivity index (χ0n) is 20.3. The third kappa shape index (κ3) is 5.61. The van der Waals surface area contributed by atoms with E-state index in [9.17, 15) is 0 Å². The van der Waals surface area contributed by atoms with Gasteiger partial charge in [0.05, 0.1) is 11.4 Å². The van der Waals surface area contributed by atoms with Crippen LogP contribution in [0, 0.1) is 0 Å². The summed E-state index contributed by atoms with van der Waals surface area (Å²) < 4.78 is 4.51. The van der Waals surface area contributed by atoms with Gasteiger partial charge >= 0.3 is 0 Å². The fourth-order valence-corrected chi connectivity index (χ4v) is 6.66. The van der Waals surface area contributed by atoms with Crippen LogP contribution in [-0.2, 0) is 0 Å². The zero-order valence-corrected chi connectivity index (χ0v) is 22.6. The van der Waals surface area contributed by atoms with Crippen LogP contribution in [0.25, 0.3) is 21.9 Å². The Hall–Kier alpha value is -2.69. The van der Waals surface area contributed by atoms with Gasteiger partial charge in [0.15, 0.2) is 4.96 Å². The highest BCUT2D eigenvalue weighted by Gasteiger charge is 2.23. The molecule has 10 heteroatoms. The molecule has 1 aromatic carbocycles. The van der Waals surface area contributed by atoms with Crippen molar-refractivity contribution in [2.24, 2.45) is 5.73 Å². The molecule has 1 aliphatic heterocycles. The second-order valence-electron chi connectivity index (χ2n) is 9.31. The van der Waals surface area contributed by atoms with E-state index in [-0.39, 0.29) is 12.1 Å². The van der Waals surface area contributed by atoms with Gasteiger partial charge < -0.3 is 11.1 Å². The lowest BCUT2D eigenvalue weighted by Gasteiger charge is -2.32. The first-order chi connectivity index (χ1) is 18.1. The summed E-state index contributed by atoms with van der Waals surface area (Å²) in [5.74, 6) is 0.638. The van der Waals surface area contributed by atoms with Crippen molar-refractivity contribution in [1.29, 1.82) is 0 Å². The number of benzene rings is 1. The van der Waals surface area contributed by atoms with Crippen LogP contribution >= 0.6 is 34.9 Å². The van der Waals surface area contributed by atoms with Crippen molar-refractivity contribution < 1.29 is 0 Å². The molecule has 4 heterocycles. The molecule has 37 heavy (non-hydrogen) atoms. The van der Waals surface area contributed by atoms with Crippen molar-refractivity contribution in [3.05, 3.63) is 77.1 Å². The zero-order chi connectivity index (χ0) is 25.2. The third-order valence-electron chi connectivity index (χ3n) is 6.56. The van der Waals surface area contributed by atoms with Gasteiger partial charge in [0.1, 0.15) is 5.69 Å². The molecule has 3 aromatic heterocycles. The molecular weight excluding hydrogens is 522 g/mol. The van der Waals surface area contributed by atoms with Gasteiger partial charge in [-0.15, -0.1) is 11.3 Å². The van der Waals surface area contributed by atoms with Crippen molar-refractivity contribution in [3.8, 4) is 11.4 Å². The average molecular weight is 550 g/mol. The number of fused-ring (bicyclic) bond motifs is 1. The summed E-state index contributed by atoms with van der Waals surface area (Å²) in [7, 11) is 0. The minimum Gasteiger partial charge on any atom is -0.350 e. The lowest BCUT2D eigenvalue weighted by atomic mass is 10.1. The highest BCUT2D eigenvalue weighted by Crippen LogP contribution is 2.33. The minimum absolute atomic E-state index is 0.0141. The van der Waals surface area contributed by atoms with Gasteiger partial charge in [-0.25, -0.2) is 19.3 Å². The van der Waals surface area contributed by atoms with Crippen LogP contribution in [0.15, 0.2) is 71.2 Å². The predicted molar refractivity (Wildman–Crippen MR) is 154 cm³/mol. The van der Waals surface area contributed by atoms with Crippen molar-refractivity contribution in [2.75, 3.05) is 18.4 Å². The number of halogens is 1. The number of hydrogen-bond donors (Lipinski definition) is 2. The van der Waals surface area contributed by atoms with Crippen LogP contribution in [0.2, 0.25) is 5.02 Å². The van der Waals surface area contributed by atoms with E-state index >= 15 is 0 Å². The Kier molecular flexibility index (Phi) is 7.30. The van der Waals surface area contributed by atoms with Gasteiger partial charge in [0, 0.05) is 52.9 Å². The molecule has 0 radical (unpaired) electrons. The number of imidazole rings is 1. The molecule has 0 saturated carbocycles. The number of piperidine rings is 1. The standard InChI is InChI=1S/C27H28ClN7S2/c28-19-7-9-22(10-8-19)37-34-13-3-6-21(17-34)31-26-30-12-11-23(32-26)25-24(33-27-35(25)14-15-36-27)18-4-1-2-5-20(29)16-18/h1,4,7-12,14-16,20-21H,2-3,5-6,13,17,29H2,(H,30,31,32). The topological polar surface area (TPSA) is 84.4 Å². The largest absolute Gasteiger partial charge is 0.350 e. The minimum atomic E-state index is 0.0141. The lowest BCUT2D eigenvalue weighted by Crippen LogP contribution is -2.38. The van der Waals surface area contributed by atoms with Crippen molar-refractivity contribution in [1.82, 2.24) is 23.7 Å². The molecule has 2 unspecified atom stereocenters. The Morgan fingerprint density at radius 3 is 2.92 bits per heavy atom. The summed E-state index contributed by atoms with van der Waals surface area (Å²) in [5, 5.41) is 6.40. The number of anilines is 1. The highest BCUT2D eigenvalue weighted by atomic mass is 35.5. The van der Waals surface area contributed by atoms with E-state index in [1.54, 1.807) is 23.3 Å². The number of allylic oxidation sites excluding steroid dienone is 3. The molecule has 6 rings (SSSR count). The summed E-state index contributed by atoms with van der Waals surface area (Å²) in [4.78, 5) is 16.6. The van der Waals surface area contributed by atoms with E-state index < -0.39 is 0 Å². The van der Waals surface area contributed by atoms with E-state index in [1.807, 2.05) is 29.8 Å². The molecular formula is C27H28ClN7S2. The molecule has 4 aromatic rings. The molecule has 1 fully saturated rings. The SMILES string of the molecule is NC1C=C(c2nc3sccn3c2-c2ccnc(NC3CCCN(Sc4ccc(Cl)cc4)C3)n2)C=CCC1. The van der Waals surface area contributed by atoms with Gasteiger partial charge in [0.25, 0.3) is 0 Å². The highest BCUT2D eigenvalue weighted by molar-refractivity contribution is 7.97. The summed E-state index contributed by atoms with van der Waals surface area (Å²) in [6.07, 6.45) is 14.4. The van der Waals surface area contributed by atoms with Gasteiger partial charge in [-0.2, -0.15) is 0 Å². The van der Waals surface area contributed by atoms with Crippen molar-refractivity contribution in [2.45, 2.75) is 42.7 Å². The third-order valence-corrected chi connectivity index (χ3v) is 8.64. The molecule has 7 nitrogen and oxygen atoms in total. The van der Waals surface area contributed by atoms with Gasteiger partial charge in [-0.1, -0.05) is 29.8 Å². The summed E-state index contributed by atoms with van der Waals surface area (Å²) in [6, 6.07) is 10.2. The maximum atomic E-state index is 6.32. The maximum Gasteiger partial charge on any atom is 0.223 e. The Balaban J connectivity index is 1.24. The predicted octanol–water partition coefficient (Wildman–Crippen LogP) is 6.15. The first kappa shape index (κ1) is 24.6. The fourth-order valence-electron chi connectivity index (χ4n) is 4.79. The molecule has 190 valence electrons. The van der Waals surface area contributed by atoms with Crippen LogP contribution in [0.1, 0.15) is 31.4 Å². The van der Waals surface area contributed by atoms with Crippen LogP contribution in [-0.4, -0.2) is 48.8 Å². The lowest BCUT2D eigenvalue weighted by molar-refractivity contribution is 0.355. The van der Waals surface area contributed by atoms with E-state index in [0.717, 1.165) is 71.4 Å². The van der Waals surface area contributed by atoms with Gasteiger partial charge in [-0.05, 0) is 73.5 Å². The number of nitrogens with two attached hydrogens (primary N) is 1. The van der Waals surface area contributed by atoms with Crippen molar-refractivity contribution in [3.63, 3.8) is 0 Å². The van der Waals surface area contributed by atoms with E-state index in [4.69, 9.17) is 27.3 Å². The van der Waals surface area contributed by atoms with Crippen molar-refractivity contribution >= 4 is 51.4 Å². The van der Waals surface area contributed by atoms with E-state index in [1.165, 1.54) is 4.90 Å². The van der Waals surface area contributed by atoms with Crippen LogP contribution in [0.4, 0.5) is 5.95 Å². The quantitative estimate of drug-likeness (QED) is 0.279. The second kappa shape index (κ2) is 11.0. The Morgan fingerprint density at radius 1 is 1.14 bits per heavy atom. The molecule has 1 saturated heterocycles. The number of thiazole rings is 1. The van der Waals surface area contributed by atoms with Crippen LogP contribution in [0.5, 0.6) is 0 Å². The molecule has 0 spiro atoms. The van der Waals surface area contributed by atoms with Gasteiger partial charge in [0.2, 0.25) is 5.95 Å². The molecule has 0 amide bonds.